The van der Waals surface area contributed by atoms with Gasteiger partial charge in [0.05, 0.1) is 29.8 Å². The molecule has 1 fully saturated rings. The highest BCUT2D eigenvalue weighted by atomic mass is 35.5. The fourth-order valence-electron chi connectivity index (χ4n) is 4.10. The predicted octanol–water partition coefficient (Wildman–Crippen LogP) is 2.59. The van der Waals surface area contributed by atoms with Gasteiger partial charge in [-0.3, -0.25) is 9.59 Å². The number of rotatable bonds is 4. The van der Waals surface area contributed by atoms with Crippen LogP contribution < -0.4 is 5.73 Å². The molecule has 8 nitrogen and oxygen atoms in total. The number of carbonyl (C=O) groups excluding carboxylic acids is 2. The van der Waals surface area contributed by atoms with Crippen LogP contribution in [0.4, 0.5) is 5.82 Å². The molecule has 1 saturated heterocycles. The SMILES string of the molecule is CN(C)C(=O)c1ccc2c(c1)c(C[C@H]1COCCN1C(=O)c1cnc(N)c(Cl)c1)cn2C. The zero-order valence-electron chi connectivity index (χ0n) is 18.3. The van der Waals surface area contributed by atoms with E-state index in [9.17, 15) is 9.59 Å². The second-order valence-corrected chi connectivity index (χ2v) is 8.63. The van der Waals surface area contributed by atoms with Crippen LogP contribution >= 0.6 is 11.6 Å². The lowest BCUT2D eigenvalue weighted by atomic mass is 10.0. The van der Waals surface area contributed by atoms with Crippen molar-refractivity contribution in [2.45, 2.75) is 12.5 Å². The second kappa shape index (κ2) is 8.80. The molecule has 1 aliphatic rings. The number of carbonyl (C=O) groups is 2. The molecule has 32 heavy (non-hydrogen) atoms. The van der Waals surface area contributed by atoms with E-state index in [4.69, 9.17) is 22.1 Å². The molecule has 2 amide bonds. The summed E-state index contributed by atoms with van der Waals surface area (Å²) < 4.78 is 7.74. The van der Waals surface area contributed by atoms with Crippen LogP contribution in [0.3, 0.4) is 0 Å². The molecule has 0 radical (unpaired) electrons. The van der Waals surface area contributed by atoms with Gasteiger partial charge in [0, 0.05) is 56.5 Å². The minimum atomic E-state index is -0.161. The first-order valence-corrected chi connectivity index (χ1v) is 10.7. The van der Waals surface area contributed by atoms with E-state index in [1.54, 1.807) is 30.0 Å². The number of nitrogens with two attached hydrogens (primary N) is 1. The second-order valence-electron chi connectivity index (χ2n) is 8.22. The van der Waals surface area contributed by atoms with Crippen molar-refractivity contribution in [3.05, 3.63) is 58.4 Å². The summed E-state index contributed by atoms with van der Waals surface area (Å²) >= 11 is 6.08. The van der Waals surface area contributed by atoms with Crippen LogP contribution in [0.1, 0.15) is 26.3 Å². The largest absolute Gasteiger partial charge is 0.382 e. The van der Waals surface area contributed by atoms with E-state index in [1.165, 1.54) is 6.20 Å². The molecule has 2 N–H and O–H groups in total. The number of nitrogen functional groups attached to an aromatic ring is 1. The number of morpholine rings is 1. The molecular formula is C23H26ClN5O3. The van der Waals surface area contributed by atoms with Gasteiger partial charge in [-0.2, -0.15) is 0 Å². The number of fused-ring (bicyclic) bond motifs is 1. The quantitative estimate of drug-likeness (QED) is 0.652. The molecule has 0 saturated carbocycles. The first kappa shape index (κ1) is 22.1. The maximum Gasteiger partial charge on any atom is 0.255 e. The topological polar surface area (TPSA) is 93.7 Å². The zero-order chi connectivity index (χ0) is 23.0. The van der Waals surface area contributed by atoms with Crippen LogP contribution in [0.25, 0.3) is 10.9 Å². The van der Waals surface area contributed by atoms with Gasteiger partial charge in [0.2, 0.25) is 0 Å². The van der Waals surface area contributed by atoms with Crippen LogP contribution in [0.15, 0.2) is 36.7 Å². The fraction of sp³-hybridized carbons (Fsp3) is 0.348. The van der Waals surface area contributed by atoms with Gasteiger partial charge in [0.15, 0.2) is 0 Å². The van der Waals surface area contributed by atoms with E-state index in [2.05, 4.69) is 4.98 Å². The monoisotopic (exact) mass is 455 g/mol. The number of benzene rings is 1. The molecule has 0 bridgehead atoms. The molecule has 0 aliphatic carbocycles. The van der Waals surface area contributed by atoms with Gasteiger partial charge in [0.25, 0.3) is 11.8 Å². The Morgan fingerprint density at radius 2 is 2.06 bits per heavy atom. The number of pyridine rings is 1. The molecule has 1 aliphatic heterocycles. The highest BCUT2D eigenvalue weighted by Crippen LogP contribution is 2.27. The number of amides is 2. The number of aryl methyl sites for hydroxylation is 1. The lowest BCUT2D eigenvalue weighted by Crippen LogP contribution is -2.49. The summed E-state index contributed by atoms with van der Waals surface area (Å²) in [5.74, 6) is -0.00998. The molecule has 4 rings (SSSR count). The Labute approximate surface area is 191 Å². The van der Waals surface area contributed by atoms with Crippen molar-refractivity contribution in [3.63, 3.8) is 0 Å². The molecule has 3 aromatic rings. The Morgan fingerprint density at radius 3 is 2.78 bits per heavy atom. The summed E-state index contributed by atoms with van der Waals surface area (Å²) in [5.41, 5.74) is 8.79. The third-order valence-corrected chi connectivity index (χ3v) is 6.09. The van der Waals surface area contributed by atoms with Gasteiger partial charge in [-0.05, 0) is 36.2 Å². The third kappa shape index (κ3) is 4.16. The Morgan fingerprint density at radius 1 is 1.28 bits per heavy atom. The minimum absolute atomic E-state index is 0.0489. The Hall–Kier alpha value is -3.10. The Balaban J connectivity index is 1.65. The molecule has 168 valence electrons. The van der Waals surface area contributed by atoms with Gasteiger partial charge in [0.1, 0.15) is 5.82 Å². The van der Waals surface area contributed by atoms with E-state index >= 15 is 0 Å². The van der Waals surface area contributed by atoms with Crippen molar-refractivity contribution in [1.82, 2.24) is 19.4 Å². The highest BCUT2D eigenvalue weighted by Gasteiger charge is 2.29. The summed E-state index contributed by atoms with van der Waals surface area (Å²) in [7, 11) is 5.45. The van der Waals surface area contributed by atoms with Crippen molar-refractivity contribution < 1.29 is 14.3 Å². The number of nitrogens with zero attached hydrogens (tertiary/aromatic N) is 4. The van der Waals surface area contributed by atoms with Gasteiger partial charge >= 0.3 is 0 Å². The van der Waals surface area contributed by atoms with Gasteiger partial charge in [-0.25, -0.2) is 4.98 Å². The fourth-order valence-corrected chi connectivity index (χ4v) is 4.27. The smallest absolute Gasteiger partial charge is 0.255 e. The molecule has 0 unspecified atom stereocenters. The van der Waals surface area contributed by atoms with Gasteiger partial charge in [-0.1, -0.05) is 11.6 Å². The maximum atomic E-state index is 13.2. The van der Waals surface area contributed by atoms with Crippen molar-refractivity contribution in [1.29, 1.82) is 0 Å². The molecule has 9 heteroatoms. The predicted molar refractivity (Wildman–Crippen MR) is 124 cm³/mol. The normalized spacial score (nSPS) is 16.4. The third-order valence-electron chi connectivity index (χ3n) is 5.79. The molecule has 2 aromatic heterocycles. The summed E-state index contributed by atoms with van der Waals surface area (Å²) in [6.07, 6.45) is 4.10. The average Bonchev–Trinajstić information content (AvgIpc) is 3.09. The van der Waals surface area contributed by atoms with Gasteiger partial charge in [-0.15, -0.1) is 0 Å². The lowest BCUT2D eigenvalue weighted by molar-refractivity contribution is -0.00158. The molecule has 1 atom stereocenters. The van der Waals surface area contributed by atoms with Crippen LogP contribution in [0.5, 0.6) is 0 Å². The van der Waals surface area contributed by atoms with Crippen LogP contribution in [0.2, 0.25) is 5.02 Å². The van der Waals surface area contributed by atoms with E-state index in [-0.39, 0.29) is 28.7 Å². The molecule has 3 heterocycles. The number of anilines is 1. The van der Waals surface area contributed by atoms with Crippen LogP contribution in [0, 0.1) is 0 Å². The first-order chi connectivity index (χ1) is 15.3. The lowest BCUT2D eigenvalue weighted by Gasteiger charge is -2.35. The number of hydrogen-bond donors (Lipinski definition) is 1. The van der Waals surface area contributed by atoms with Gasteiger partial charge < -0.3 is 24.8 Å². The van der Waals surface area contributed by atoms with E-state index in [0.717, 1.165) is 16.5 Å². The summed E-state index contributed by atoms with van der Waals surface area (Å²) in [5, 5.41) is 1.25. The Kier molecular flexibility index (Phi) is 6.08. The van der Waals surface area contributed by atoms with Crippen LogP contribution in [-0.2, 0) is 18.2 Å². The van der Waals surface area contributed by atoms with E-state index in [0.29, 0.717) is 37.3 Å². The Bertz CT molecular complexity index is 1190. The molecule has 0 spiro atoms. The minimum Gasteiger partial charge on any atom is -0.382 e. The van der Waals surface area contributed by atoms with Crippen molar-refractivity contribution in [2.75, 3.05) is 39.6 Å². The summed E-state index contributed by atoms with van der Waals surface area (Å²) in [6.45, 7) is 1.37. The van der Waals surface area contributed by atoms with Crippen molar-refractivity contribution in [2.24, 2.45) is 7.05 Å². The number of ether oxygens (including phenoxy) is 1. The first-order valence-electron chi connectivity index (χ1n) is 10.4. The standard InChI is InChI=1S/C23H26ClN5O3/c1-27(2)22(30)14-4-5-20-18(9-14)16(12-28(20)3)8-17-13-32-7-6-29(17)23(31)15-10-19(24)21(25)26-11-15/h4-5,9-12,17H,6-8,13H2,1-3H3,(H2,25,26)/t17-/m0/s1. The van der Waals surface area contributed by atoms with E-state index in [1.807, 2.05) is 36.0 Å². The van der Waals surface area contributed by atoms with E-state index < -0.39 is 0 Å². The van der Waals surface area contributed by atoms with Crippen LogP contribution in [-0.4, -0.2) is 71.1 Å². The number of hydrogen-bond acceptors (Lipinski definition) is 5. The zero-order valence-corrected chi connectivity index (χ0v) is 19.1. The summed E-state index contributed by atoms with van der Waals surface area (Å²) in [6, 6.07) is 7.11. The average molecular weight is 456 g/mol. The maximum absolute atomic E-state index is 13.2. The molecule has 1 aromatic carbocycles. The summed E-state index contributed by atoms with van der Waals surface area (Å²) in [4.78, 5) is 33.1. The number of aromatic nitrogens is 2. The number of halogens is 1. The molecular weight excluding hydrogens is 430 g/mol. The van der Waals surface area contributed by atoms with Crippen molar-refractivity contribution in [3.8, 4) is 0 Å². The highest BCUT2D eigenvalue weighted by molar-refractivity contribution is 6.33. The van der Waals surface area contributed by atoms with Crippen molar-refractivity contribution >= 4 is 40.1 Å².